The number of halogens is 4. The van der Waals surface area contributed by atoms with Crippen LogP contribution in [0.2, 0.25) is 0 Å². The van der Waals surface area contributed by atoms with Gasteiger partial charge in [-0.2, -0.15) is 13.2 Å². The molecule has 0 saturated heterocycles. The fraction of sp³-hybridized carbons (Fsp3) is 0.458. The third-order valence-electron chi connectivity index (χ3n) is 7.09. The van der Waals surface area contributed by atoms with Gasteiger partial charge in [0.1, 0.15) is 18.3 Å². The molecule has 1 unspecified atom stereocenters. The molecule has 6 nitrogen and oxygen atoms in total. The number of aromatic nitrogens is 3. The minimum absolute atomic E-state index is 0.156. The van der Waals surface area contributed by atoms with E-state index < -0.39 is 29.9 Å². The number of carbonyl (C=O) groups excluding carboxylic acids is 1. The first-order valence-electron chi connectivity index (χ1n) is 11.2. The lowest BCUT2D eigenvalue weighted by atomic mass is 9.97. The van der Waals surface area contributed by atoms with E-state index in [-0.39, 0.29) is 18.0 Å². The van der Waals surface area contributed by atoms with Crippen molar-refractivity contribution in [2.75, 3.05) is 12.0 Å². The lowest BCUT2D eigenvalue weighted by molar-refractivity contribution is -0.139. The number of fused-ring (bicyclic) bond motifs is 3. The van der Waals surface area contributed by atoms with E-state index in [4.69, 9.17) is 0 Å². The molecule has 0 bridgehead atoms. The maximum atomic E-state index is 13.6. The normalized spacial score (nSPS) is 17.7. The minimum atomic E-state index is -4.44. The molecule has 3 aromatic rings. The number of amides is 1. The van der Waals surface area contributed by atoms with Crippen molar-refractivity contribution < 1.29 is 22.4 Å². The maximum Gasteiger partial charge on any atom is 0.416 e. The van der Waals surface area contributed by atoms with Gasteiger partial charge >= 0.3 is 6.18 Å². The third-order valence-corrected chi connectivity index (χ3v) is 7.09. The lowest BCUT2D eigenvalue weighted by Gasteiger charge is -2.22. The molecule has 2 aromatic heterocycles. The molecule has 5 rings (SSSR count). The molecule has 1 saturated carbocycles. The molecule has 34 heavy (non-hydrogen) atoms. The standard InChI is InChI=1S/C24H25F4N5O/c1-13-16(5-4-6-18(13)24(26,27)28)14(2)30-21-17-10-32(22(34)23(12-25)7-8-23)11-19(17)33-15(3)29-9-20(33)31-21/h4-6,9,14H,7-8,10-12H2,1-3H3,(H,30,31). The van der Waals surface area contributed by atoms with Crippen molar-refractivity contribution in [2.24, 2.45) is 5.41 Å². The first kappa shape index (κ1) is 22.6. The first-order chi connectivity index (χ1) is 16.1. The van der Waals surface area contributed by atoms with Crippen molar-refractivity contribution >= 4 is 17.4 Å². The summed E-state index contributed by atoms with van der Waals surface area (Å²) < 4.78 is 55.7. The van der Waals surface area contributed by atoms with Crippen LogP contribution in [0.15, 0.2) is 24.4 Å². The monoisotopic (exact) mass is 475 g/mol. The van der Waals surface area contributed by atoms with Crippen LogP contribution in [0.3, 0.4) is 0 Å². The Labute approximate surface area is 194 Å². The summed E-state index contributed by atoms with van der Waals surface area (Å²) in [5.41, 5.74) is 1.27. The highest BCUT2D eigenvalue weighted by atomic mass is 19.4. The Kier molecular flexibility index (Phi) is 5.11. The van der Waals surface area contributed by atoms with Crippen molar-refractivity contribution in [1.29, 1.82) is 0 Å². The van der Waals surface area contributed by atoms with Crippen LogP contribution in [0.1, 0.15) is 59.6 Å². The smallest absolute Gasteiger partial charge is 0.363 e. The van der Waals surface area contributed by atoms with Gasteiger partial charge in [0.2, 0.25) is 5.91 Å². The summed E-state index contributed by atoms with van der Waals surface area (Å²) in [4.78, 5) is 23.7. The number of hydrogen-bond donors (Lipinski definition) is 1. The fourth-order valence-electron chi connectivity index (χ4n) is 4.92. The molecule has 3 heterocycles. The molecule has 1 aliphatic heterocycles. The van der Waals surface area contributed by atoms with Crippen molar-refractivity contribution in [3.05, 3.63) is 58.2 Å². The van der Waals surface area contributed by atoms with Crippen LogP contribution in [0.4, 0.5) is 23.4 Å². The van der Waals surface area contributed by atoms with Crippen molar-refractivity contribution in [3.63, 3.8) is 0 Å². The molecule has 1 N–H and O–H groups in total. The van der Waals surface area contributed by atoms with Gasteiger partial charge in [-0.05, 0) is 50.8 Å². The number of rotatable bonds is 5. The fourth-order valence-corrected chi connectivity index (χ4v) is 4.92. The van der Waals surface area contributed by atoms with Gasteiger partial charge in [0, 0.05) is 5.56 Å². The second-order valence-electron chi connectivity index (χ2n) is 9.34. The number of benzene rings is 1. The van der Waals surface area contributed by atoms with Crippen LogP contribution >= 0.6 is 0 Å². The molecule has 0 radical (unpaired) electrons. The zero-order chi connectivity index (χ0) is 24.4. The van der Waals surface area contributed by atoms with Gasteiger partial charge in [-0.15, -0.1) is 0 Å². The van der Waals surface area contributed by atoms with E-state index in [1.54, 1.807) is 24.1 Å². The second-order valence-corrected chi connectivity index (χ2v) is 9.34. The summed E-state index contributed by atoms with van der Waals surface area (Å²) in [5, 5.41) is 3.28. The summed E-state index contributed by atoms with van der Waals surface area (Å²) in [7, 11) is 0. The predicted octanol–water partition coefficient (Wildman–Crippen LogP) is 5.13. The average molecular weight is 475 g/mol. The SMILES string of the molecule is Cc1c(C(C)Nc2nc3cnc(C)n3c3c2CN(C(=O)C2(CF)CC2)C3)cccc1C(F)(F)F. The number of hydrogen-bond acceptors (Lipinski definition) is 4. The Morgan fingerprint density at radius 3 is 2.62 bits per heavy atom. The summed E-state index contributed by atoms with van der Waals surface area (Å²) >= 11 is 0. The van der Waals surface area contributed by atoms with Crippen LogP contribution in [0, 0.1) is 19.3 Å². The van der Waals surface area contributed by atoms with E-state index in [1.165, 1.54) is 13.0 Å². The molecule has 2 aliphatic rings. The van der Waals surface area contributed by atoms with E-state index in [9.17, 15) is 22.4 Å². The number of imidazole rings is 1. The molecular weight excluding hydrogens is 450 g/mol. The molecular formula is C24H25F4N5O. The van der Waals surface area contributed by atoms with Crippen molar-refractivity contribution in [2.45, 2.75) is 58.9 Å². The lowest BCUT2D eigenvalue weighted by Crippen LogP contribution is -2.34. The highest BCUT2D eigenvalue weighted by Gasteiger charge is 2.53. The molecule has 10 heteroatoms. The van der Waals surface area contributed by atoms with Crippen molar-refractivity contribution in [1.82, 2.24) is 19.3 Å². The molecule has 1 fully saturated rings. The Morgan fingerprint density at radius 2 is 1.97 bits per heavy atom. The quantitative estimate of drug-likeness (QED) is 0.520. The van der Waals surface area contributed by atoms with Gasteiger partial charge < -0.3 is 10.2 Å². The highest BCUT2D eigenvalue weighted by Crippen LogP contribution is 2.49. The van der Waals surface area contributed by atoms with Gasteiger partial charge in [-0.1, -0.05) is 12.1 Å². The Hall–Kier alpha value is -3.17. The Bertz CT molecular complexity index is 1290. The van der Waals surface area contributed by atoms with Gasteiger partial charge in [0.25, 0.3) is 0 Å². The largest absolute Gasteiger partial charge is 0.416 e. The molecule has 0 spiro atoms. The topological polar surface area (TPSA) is 62.5 Å². The number of anilines is 1. The van der Waals surface area contributed by atoms with Crippen molar-refractivity contribution in [3.8, 4) is 0 Å². The van der Waals surface area contributed by atoms with Crippen LogP contribution in [0.25, 0.3) is 5.65 Å². The second kappa shape index (κ2) is 7.68. The molecule has 1 aliphatic carbocycles. The summed E-state index contributed by atoms with van der Waals surface area (Å²) in [6.07, 6.45) is -1.73. The predicted molar refractivity (Wildman–Crippen MR) is 118 cm³/mol. The van der Waals surface area contributed by atoms with Gasteiger partial charge in [0.15, 0.2) is 5.65 Å². The number of nitrogens with zero attached hydrogens (tertiary/aromatic N) is 4. The zero-order valence-electron chi connectivity index (χ0n) is 19.1. The van der Waals surface area contributed by atoms with Gasteiger partial charge in [-0.25, -0.2) is 14.4 Å². The van der Waals surface area contributed by atoms with E-state index >= 15 is 0 Å². The molecule has 1 atom stereocenters. The van der Waals surface area contributed by atoms with Gasteiger partial charge in [-0.3, -0.25) is 9.20 Å². The van der Waals surface area contributed by atoms with E-state index in [0.717, 1.165) is 17.3 Å². The van der Waals surface area contributed by atoms with Gasteiger partial charge in [0.05, 0.1) is 42.0 Å². The summed E-state index contributed by atoms with van der Waals surface area (Å²) in [5.74, 6) is 1.00. The molecule has 1 aromatic carbocycles. The van der Waals surface area contributed by atoms with Crippen LogP contribution < -0.4 is 5.32 Å². The van der Waals surface area contributed by atoms with Crippen LogP contribution in [-0.2, 0) is 24.1 Å². The third kappa shape index (κ3) is 3.50. The zero-order valence-corrected chi connectivity index (χ0v) is 19.1. The highest BCUT2D eigenvalue weighted by molar-refractivity contribution is 5.86. The molecule has 1 amide bonds. The number of alkyl halides is 4. The Morgan fingerprint density at radius 1 is 1.24 bits per heavy atom. The van der Waals surface area contributed by atoms with E-state index in [2.05, 4.69) is 15.3 Å². The number of nitrogens with one attached hydrogen (secondary N) is 1. The van der Waals surface area contributed by atoms with E-state index in [0.29, 0.717) is 42.2 Å². The van der Waals surface area contributed by atoms with Crippen LogP contribution in [-0.4, -0.2) is 31.9 Å². The summed E-state index contributed by atoms with van der Waals surface area (Å²) in [6, 6.07) is 3.66. The minimum Gasteiger partial charge on any atom is -0.363 e. The van der Waals surface area contributed by atoms with E-state index in [1.807, 2.05) is 11.3 Å². The number of carbonyl (C=O) groups is 1. The average Bonchev–Trinajstić information content (AvgIpc) is 3.32. The summed E-state index contributed by atoms with van der Waals surface area (Å²) in [6.45, 7) is 4.97. The number of aryl methyl sites for hydroxylation is 1. The van der Waals surface area contributed by atoms with Crippen LogP contribution in [0.5, 0.6) is 0 Å². The maximum absolute atomic E-state index is 13.6. The first-order valence-corrected chi connectivity index (χ1v) is 11.2. The Balaban J connectivity index is 1.52. The molecule has 180 valence electrons.